The van der Waals surface area contributed by atoms with Crippen LogP contribution in [0.15, 0.2) is 0 Å². The van der Waals surface area contributed by atoms with Gasteiger partial charge in [-0.05, 0) is 27.2 Å². The summed E-state index contributed by atoms with van der Waals surface area (Å²) in [5.41, 5.74) is -0.468. The Morgan fingerprint density at radius 2 is 2.06 bits per heavy atom. The van der Waals surface area contributed by atoms with Crippen LogP contribution in [0.4, 0.5) is 4.79 Å². The highest BCUT2D eigenvalue weighted by Gasteiger charge is 2.15. The topological polar surface area (TPSA) is 74.2 Å². The highest BCUT2D eigenvalue weighted by molar-refractivity contribution is 5.67. The predicted octanol–water partition coefficient (Wildman–Crippen LogP) is 1.79. The first kappa shape index (κ1) is 15.7. The number of carbonyl (C=O) groups excluding carboxylic acids is 1. The summed E-state index contributed by atoms with van der Waals surface area (Å²) < 4.78 is 5.09. The summed E-state index contributed by atoms with van der Waals surface area (Å²) in [4.78, 5) is 11.3. The molecule has 5 nitrogen and oxygen atoms in total. The Balaban J connectivity index is 3.64. The van der Waals surface area contributed by atoms with Crippen LogP contribution < -0.4 is 10.6 Å². The van der Waals surface area contributed by atoms with E-state index < -0.39 is 11.7 Å². The minimum absolute atomic E-state index is 0.195. The monoisotopic (exact) mass is 241 g/mol. The first-order chi connectivity index (χ1) is 7.89. The third-order valence-corrected chi connectivity index (χ3v) is 2.06. The highest BCUT2D eigenvalue weighted by Crippen LogP contribution is 2.05. The van der Waals surface area contributed by atoms with Crippen molar-refractivity contribution >= 4 is 6.09 Å². The lowest BCUT2D eigenvalue weighted by atomic mass is 10.2. The molecule has 0 aliphatic carbocycles. The van der Waals surface area contributed by atoms with Crippen LogP contribution in [0.3, 0.4) is 0 Å². The molecule has 17 heavy (non-hydrogen) atoms. The van der Waals surface area contributed by atoms with E-state index in [4.69, 9.17) is 10.00 Å². The predicted molar refractivity (Wildman–Crippen MR) is 66.5 cm³/mol. The number of ether oxygens (including phenoxy) is 1. The molecule has 0 aromatic heterocycles. The summed E-state index contributed by atoms with van der Waals surface area (Å²) in [6.07, 6.45) is 0.982. The maximum Gasteiger partial charge on any atom is 0.407 e. The molecular formula is C12H23N3O2. The number of alkyl carbamates (subject to hydrolysis) is 1. The average Bonchev–Trinajstić information content (AvgIpc) is 2.20. The Labute approximate surface area is 104 Å². The van der Waals surface area contributed by atoms with E-state index in [0.717, 1.165) is 6.42 Å². The zero-order valence-electron chi connectivity index (χ0n) is 11.2. The number of nitriles is 1. The number of nitrogens with one attached hydrogen (secondary N) is 2. The van der Waals surface area contributed by atoms with Crippen LogP contribution in [0.1, 0.15) is 40.5 Å². The maximum atomic E-state index is 11.3. The molecule has 0 rings (SSSR count). The second kappa shape index (κ2) is 7.91. The lowest BCUT2D eigenvalue weighted by Gasteiger charge is -2.20. The van der Waals surface area contributed by atoms with Gasteiger partial charge in [0.05, 0.1) is 12.5 Å². The van der Waals surface area contributed by atoms with Gasteiger partial charge in [0.15, 0.2) is 0 Å². The molecule has 0 saturated carbocycles. The molecular weight excluding hydrogens is 218 g/mol. The molecule has 5 heteroatoms. The van der Waals surface area contributed by atoms with Crippen molar-refractivity contribution in [3.63, 3.8) is 0 Å². The largest absolute Gasteiger partial charge is 0.444 e. The van der Waals surface area contributed by atoms with Crippen LogP contribution in [-0.4, -0.2) is 30.8 Å². The van der Waals surface area contributed by atoms with Gasteiger partial charge in [-0.25, -0.2) is 4.79 Å². The summed E-state index contributed by atoms with van der Waals surface area (Å²) in [5, 5.41) is 14.4. The Morgan fingerprint density at radius 3 is 2.53 bits per heavy atom. The Morgan fingerprint density at radius 1 is 1.41 bits per heavy atom. The van der Waals surface area contributed by atoms with Crippen molar-refractivity contribution in [2.45, 2.75) is 52.2 Å². The van der Waals surface area contributed by atoms with E-state index in [2.05, 4.69) is 16.7 Å². The van der Waals surface area contributed by atoms with E-state index in [1.165, 1.54) is 0 Å². The van der Waals surface area contributed by atoms with Crippen molar-refractivity contribution in [2.75, 3.05) is 13.1 Å². The van der Waals surface area contributed by atoms with E-state index in [0.29, 0.717) is 19.5 Å². The molecule has 0 aromatic carbocycles. The van der Waals surface area contributed by atoms with E-state index in [9.17, 15) is 4.79 Å². The molecule has 1 amide bonds. The first-order valence-corrected chi connectivity index (χ1v) is 5.96. The number of amides is 1. The van der Waals surface area contributed by atoms with Crippen LogP contribution in [0.25, 0.3) is 0 Å². The fourth-order valence-corrected chi connectivity index (χ4v) is 1.23. The number of carbonyl (C=O) groups is 1. The molecule has 0 aliphatic heterocycles. The lowest BCUT2D eigenvalue weighted by Crippen LogP contribution is -2.39. The average molecular weight is 241 g/mol. The van der Waals surface area contributed by atoms with Crippen molar-refractivity contribution < 1.29 is 9.53 Å². The summed E-state index contributed by atoms with van der Waals surface area (Å²) in [6.45, 7) is 8.63. The van der Waals surface area contributed by atoms with Gasteiger partial charge in [0, 0.05) is 19.1 Å². The van der Waals surface area contributed by atoms with Gasteiger partial charge in [-0.15, -0.1) is 0 Å². The summed E-state index contributed by atoms with van der Waals surface area (Å²) in [7, 11) is 0. The molecule has 1 unspecified atom stereocenters. The second-order valence-electron chi connectivity index (χ2n) is 4.85. The zero-order valence-corrected chi connectivity index (χ0v) is 11.2. The molecule has 1 atom stereocenters. The summed E-state index contributed by atoms with van der Waals surface area (Å²) >= 11 is 0. The fraction of sp³-hybridized carbons (Fsp3) is 0.833. The molecule has 0 radical (unpaired) electrons. The second-order valence-corrected chi connectivity index (χ2v) is 4.85. The fourth-order valence-electron chi connectivity index (χ4n) is 1.23. The lowest BCUT2D eigenvalue weighted by molar-refractivity contribution is 0.0528. The molecule has 0 fully saturated rings. The van der Waals surface area contributed by atoms with Gasteiger partial charge in [0.25, 0.3) is 0 Å². The van der Waals surface area contributed by atoms with Crippen LogP contribution in [-0.2, 0) is 4.74 Å². The zero-order chi connectivity index (χ0) is 13.3. The van der Waals surface area contributed by atoms with E-state index in [1.807, 2.05) is 27.7 Å². The molecule has 0 aromatic rings. The van der Waals surface area contributed by atoms with Gasteiger partial charge in [-0.3, -0.25) is 0 Å². The molecule has 0 aliphatic rings. The van der Waals surface area contributed by atoms with Crippen LogP contribution >= 0.6 is 0 Å². The Kier molecular flexibility index (Phi) is 7.31. The van der Waals surface area contributed by atoms with E-state index >= 15 is 0 Å². The van der Waals surface area contributed by atoms with Crippen LogP contribution in [0.5, 0.6) is 0 Å². The minimum atomic E-state index is -0.468. The smallest absolute Gasteiger partial charge is 0.407 e. The number of nitrogens with zero attached hydrogens (tertiary/aromatic N) is 1. The van der Waals surface area contributed by atoms with Gasteiger partial charge >= 0.3 is 6.09 Å². The molecule has 0 spiro atoms. The minimum Gasteiger partial charge on any atom is -0.444 e. The van der Waals surface area contributed by atoms with E-state index in [1.54, 1.807) is 0 Å². The number of hydrogen-bond acceptors (Lipinski definition) is 4. The van der Waals surface area contributed by atoms with Crippen LogP contribution in [0.2, 0.25) is 0 Å². The SMILES string of the molecule is CCC(CC#N)NCCNC(=O)OC(C)(C)C. The van der Waals surface area contributed by atoms with Gasteiger partial charge in [-0.1, -0.05) is 6.92 Å². The third kappa shape index (κ3) is 9.64. The number of rotatable bonds is 6. The van der Waals surface area contributed by atoms with Crippen molar-refractivity contribution in [1.82, 2.24) is 10.6 Å². The summed E-state index contributed by atoms with van der Waals surface area (Å²) in [6, 6.07) is 2.32. The molecule has 98 valence electrons. The molecule has 2 N–H and O–H groups in total. The Bertz CT molecular complexity index is 266. The number of hydrogen-bond donors (Lipinski definition) is 2. The maximum absolute atomic E-state index is 11.3. The molecule has 0 heterocycles. The van der Waals surface area contributed by atoms with Crippen molar-refractivity contribution in [2.24, 2.45) is 0 Å². The standard InChI is InChI=1S/C12H23N3O2/c1-5-10(6-7-13)14-8-9-15-11(16)17-12(2,3)4/h10,14H,5-6,8-9H2,1-4H3,(H,15,16). The first-order valence-electron chi connectivity index (χ1n) is 5.96. The molecule has 0 bridgehead atoms. The molecule has 0 saturated heterocycles. The van der Waals surface area contributed by atoms with Gasteiger partial charge < -0.3 is 15.4 Å². The van der Waals surface area contributed by atoms with Crippen molar-refractivity contribution in [3.05, 3.63) is 0 Å². The van der Waals surface area contributed by atoms with Gasteiger partial charge in [0.2, 0.25) is 0 Å². The highest BCUT2D eigenvalue weighted by atomic mass is 16.6. The Hall–Kier alpha value is -1.28. The van der Waals surface area contributed by atoms with Crippen LogP contribution in [0, 0.1) is 11.3 Å². The third-order valence-electron chi connectivity index (χ3n) is 2.06. The van der Waals surface area contributed by atoms with Gasteiger partial charge in [-0.2, -0.15) is 5.26 Å². The van der Waals surface area contributed by atoms with Crippen molar-refractivity contribution in [3.8, 4) is 6.07 Å². The van der Waals surface area contributed by atoms with Gasteiger partial charge in [0.1, 0.15) is 5.60 Å². The summed E-state index contributed by atoms with van der Waals surface area (Å²) in [5.74, 6) is 0. The quantitative estimate of drug-likeness (QED) is 0.695. The van der Waals surface area contributed by atoms with E-state index in [-0.39, 0.29) is 6.04 Å². The van der Waals surface area contributed by atoms with Crippen molar-refractivity contribution in [1.29, 1.82) is 5.26 Å². The normalized spacial score (nSPS) is 12.6.